The first-order chi connectivity index (χ1) is 4.39. The summed E-state index contributed by atoms with van der Waals surface area (Å²) in [5, 5.41) is 12.0. The highest BCUT2D eigenvalue weighted by Gasteiger charge is 1.72. The van der Waals surface area contributed by atoms with Crippen LogP contribution < -0.4 is 0 Å². The molecule has 0 unspecified atom stereocenters. The Morgan fingerprint density at radius 3 is 1.67 bits per heavy atom. The molecule has 0 amide bonds. The molecular formula is C7H10O2. The standard InChI is InChI=1S/C7H8.H2O2/c1-7-5-3-2-4-6-7;1-2/h2-6H,1H3;1-2H. The minimum Gasteiger partial charge on any atom is -0.255 e. The van der Waals surface area contributed by atoms with Crippen molar-refractivity contribution >= 4 is 0 Å². The van der Waals surface area contributed by atoms with Gasteiger partial charge in [0.1, 0.15) is 0 Å². The number of benzene rings is 1. The molecule has 0 heterocycles. The Balaban J connectivity index is 0.000000291. The Morgan fingerprint density at radius 2 is 1.44 bits per heavy atom. The van der Waals surface area contributed by atoms with Crippen LogP contribution in [-0.2, 0) is 0 Å². The molecule has 0 radical (unpaired) electrons. The van der Waals surface area contributed by atoms with Crippen molar-refractivity contribution < 1.29 is 10.5 Å². The second kappa shape index (κ2) is 5.28. The van der Waals surface area contributed by atoms with Gasteiger partial charge in [0.2, 0.25) is 0 Å². The number of aryl methyl sites for hydroxylation is 1. The van der Waals surface area contributed by atoms with Crippen molar-refractivity contribution in [3.63, 3.8) is 0 Å². The Labute approximate surface area is 54.3 Å². The van der Waals surface area contributed by atoms with Crippen LogP contribution in [0.15, 0.2) is 30.3 Å². The van der Waals surface area contributed by atoms with Crippen LogP contribution in [-0.4, -0.2) is 10.5 Å². The second-order valence-corrected chi connectivity index (χ2v) is 1.65. The van der Waals surface area contributed by atoms with Gasteiger partial charge in [-0.25, -0.2) is 0 Å². The molecule has 1 aromatic carbocycles. The summed E-state index contributed by atoms with van der Waals surface area (Å²) < 4.78 is 0. The average molecular weight is 126 g/mol. The van der Waals surface area contributed by atoms with E-state index in [-0.39, 0.29) is 0 Å². The van der Waals surface area contributed by atoms with E-state index in [4.69, 9.17) is 10.5 Å². The van der Waals surface area contributed by atoms with Crippen molar-refractivity contribution in [2.24, 2.45) is 0 Å². The third kappa shape index (κ3) is 3.70. The van der Waals surface area contributed by atoms with E-state index in [0.29, 0.717) is 0 Å². The maximum absolute atomic E-state index is 6.00. The molecule has 2 N–H and O–H groups in total. The van der Waals surface area contributed by atoms with Gasteiger partial charge >= 0.3 is 0 Å². The molecule has 2 heteroatoms. The SMILES string of the molecule is Cc1ccccc1.OO. The van der Waals surface area contributed by atoms with E-state index < -0.39 is 0 Å². The Bertz CT molecular complexity index is 137. The molecule has 0 bridgehead atoms. The molecule has 0 aliphatic carbocycles. The summed E-state index contributed by atoms with van der Waals surface area (Å²) >= 11 is 0. The smallest absolute Gasteiger partial charge is 0.0398 e. The molecule has 1 aromatic rings. The highest BCUT2D eigenvalue weighted by atomic mass is 17.0. The molecule has 0 fully saturated rings. The predicted octanol–water partition coefficient (Wildman–Crippen LogP) is 2.01. The van der Waals surface area contributed by atoms with Gasteiger partial charge in [-0.3, -0.25) is 10.5 Å². The fraction of sp³-hybridized carbons (Fsp3) is 0.143. The van der Waals surface area contributed by atoms with E-state index in [2.05, 4.69) is 19.1 Å². The first kappa shape index (κ1) is 8.14. The van der Waals surface area contributed by atoms with Crippen molar-refractivity contribution in [2.75, 3.05) is 0 Å². The van der Waals surface area contributed by atoms with E-state index in [1.54, 1.807) is 0 Å². The molecule has 0 aliphatic rings. The zero-order chi connectivity index (χ0) is 7.11. The Morgan fingerprint density at radius 1 is 1.00 bits per heavy atom. The third-order valence-electron chi connectivity index (χ3n) is 0.940. The summed E-state index contributed by atoms with van der Waals surface area (Å²) in [7, 11) is 0. The van der Waals surface area contributed by atoms with Crippen LogP contribution in [0.25, 0.3) is 0 Å². The van der Waals surface area contributed by atoms with Crippen LogP contribution in [0.4, 0.5) is 0 Å². The van der Waals surface area contributed by atoms with Gasteiger partial charge < -0.3 is 0 Å². The molecule has 9 heavy (non-hydrogen) atoms. The second-order valence-electron chi connectivity index (χ2n) is 1.65. The van der Waals surface area contributed by atoms with Crippen LogP contribution in [0.3, 0.4) is 0 Å². The minimum absolute atomic E-state index is 1.32. The van der Waals surface area contributed by atoms with Gasteiger partial charge in [0.15, 0.2) is 0 Å². The lowest BCUT2D eigenvalue weighted by atomic mass is 10.2. The van der Waals surface area contributed by atoms with Gasteiger partial charge in [-0.2, -0.15) is 0 Å². The van der Waals surface area contributed by atoms with Crippen LogP contribution in [0.5, 0.6) is 0 Å². The first-order valence-corrected chi connectivity index (χ1v) is 2.61. The molecular weight excluding hydrogens is 116 g/mol. The van der Waals surface area contributed by atoms with Crippen LogP contribution in [0, 0.1) is 6.92 Å². The Hall–Kier alpha value is -0.860. The molecule has 0 atom stereocenters. The summed E-state index contributed by atoms with van der Waals surface area (Å²) in [6.45, 7) is 2.08. The van der Waals surface area contributed by atoms with E-state index in [1.165, 1.54) is 5.56 Å². The van der Waals surface area contributed by atoms with Gasteiger partial charge in [0.25, 0.3) is 0 Å². The summed E-state index contributed by atoms with van der Waals surface area (Å²) in [5.41, 5.74) is 1.32. The summed E-state index contributed by atoms with van der Waals surface area (Å²) in [6, 6.07) is 10.3. The van der Waals surface area contributed by atoms with Crippen LogP contribution in [0.2, 0.25) is 0 Å². The highest BCUT2D eigenvalue weighted by Crippen LogP contribution is 1.92. The van der Waals surface area contributed by atoms with Gasteiger partial charge in [-0.1, -0.05) is 35.9 Å². The lowest BCUT2D eigenvalue weighted by Gasteiger charge is -1.82. The van der Waals surface area contributed by atoms with Crippen LogP contribution >= 0.6 is 0 Å². The van der Waals surface area contributed by atoms with Crippen molar-refractivity contribution in [2.45, 2.75) is 6.92 Å². The summed E-state index contributed by atoms with van der Waals surface area (Å²) in [4.78, 5) is 0. The Kier molecular flexibility index (Phi) is 4.78. The first-order valence-electron chi connectivity index (χ1n) is 2.61. The molecule has 0 aromatic heterocycles. The van der Waals surface area contributed by atoms with Crippen LogP contribution in [0.1, 0.15) is 5.56 Å². The molecule has 0 spiro atoms. The molecule has 0 aliphatic heterocycles. The van der Waals surface area contributed by atoms with Crippen molar-refractivity contribution in [3.8, 4) is 0 Å². The summed E-state index contributed by atoms with van der Waals surface area (Å²) in [5.74, 6) is 0. The van der Waals surface area contributed by atoms with E-state index in [0.717, 1.165) is 0 Å². The van der Waals surface area contributed by atoms with Gasteiger partial charge in [-0.05, 0) is 6.92 Å². The fourth-order valence-corrected chi connectivity index (χ4v) is 0.534. The van der Waals surface area contributed by atoms with Gasteiger partial charge in [0.05, 0.1) is 0 Å². The quantitative estimate of drug-likeness (QED) is 0.412. The van der Waals surface area contributed by atoms with Crippen molar-refractivity contribution in [1.29, 1.82) is 0 Å². The monoisotopic (exact) mass is 126 g/mol. The average Bonchev–Trinajstić information content (AvgIpc) is 1.94. The molecule has 1 rings (SSSR count). The molecule has 0 saturated heterocycles. The molecule has 2 nitrogen and oxygen atoms in total. The van der Waals surface area contributed by atoms with Crippen molar-refractivity contribution in [1.82, 2.24) is 0 Å². The lowest BCUT2D eigenvalue weighted by molar-refractivity contribution is -0.176. The molecule has 50 valence electrons. The number of hydrogen-bond donors (Lipinski definition) is 2. The van der Waals surface area contributed by atoms with E-state index >= 15 is 0 Å². The predicted molar refractivity (Wildman–Crippen MR) is 36.4 cm³/mol. The topological polar surface area (TPSA) is 40.5 Å². The highest BCUT2D eigenvalue weighted by molar-refractivity contribution is 5.11. The number of rotatable bonds is 0. The normalized spacial score (nSPS) is 7.44. The number of hydrogen-bond acceptors (Lipinski definition) is 2. The van der Waals surface area contributed by atoms with Gasteiger partial charge in [-0.15, -0.1) is 0 Å². The molecule has 0 saturated carbocycles. The lowest BCUT2D eigenvalue weighted by Crippen LogP contribution is -1.62. The minimum atomic E-state index is 1.32. The van der Waals surface area contributed by atoms with E-state index in [1.807, 2.05) is 18.2 Å². The van der Waals surface area contributed by atoms with Gasteiger partial charge in [0, 0.05) is 0 Å². The van der Waals surface area contributed by atoms with E-state index in [9.17, 15) is 0 Å². The zero-order valence-electron chi connectivity index (χ0n) is 5.28. The van der Waals surface area contributed by atoms with Crippen molar-refractivity contribution in [3.05, 3.63) is 35.9 Å². The third-order valence-corrected chi connectivity index (χ3v) is 0.940. The summed E-state index contributed by atoms with van der Waals surface area (Å²) in [6.07, 6.45) is 0. The fourth-order valence-electron chi connectivity index (χ4n) is 0.534. The zero-order valence-corrected chi connectivity index (χ0v) is 5.28. The largest absolute Gasteiger partial charge is 0.255 e. The maximum atomic E-state index is 6.00. The maximum Gasteiger partial charge on any atom is -0.0398 e.